The van der Waals surface area contributed by atoms with Crippen molar-refractivity contribution < 1.29 is 50.3 Å². The maximum atomic E-state index is 10.2. The molecular formula is C11H20O10. The molecule has 2 aliphatic heterocycles. The molecule has 2 aliphatic rings. The molecule has 2 saturated heterocycles. The number of hydrogen-bond acceptors (Lipinski definition) is 10. The summed E-state index contributed by atoms with van der Waals surface area (Å²) in [5.41, 5.74) is 0. The molecule has 0 bridgehead atoms. The molecule has 0 amide bonds. The monoisotopic (exact) mass is 312 g/mol. The standard InChI is InChI=1S/C11H20O10/c12-1-3-5(14)7(16)8(20-3)10(18)11(19)9(17)6(15)4(2-13)21-11/h3-10,12-19H,1-2H2/t3-,4-,5-,6-,7+,8?,9+,10?,11?/m1/s1. The lowest BCUT2D eigenvalue weighted by atomic mass is 9.93. The van der Waals surface area contributed by atoms with Crippen molar-refractivity contribution >= 4 is 0 Å². The Hall–Kier alpha value is -0.400. The van der Waals surface area contributed by atoms with Crippen LogP contribution in [0.15, 0.2) is 0 Å². The van der Waals surface area contributed by atoms with E-state index in [4.69, 9.17) is 19.7 Å². The van der Waals surface area contributed by atoms with Crippen LogP contribution in [0.3, 0.4) is 0 Å². The zero-order valence-electron chi connectivity index (χ0n) is 10.9. The molecular weight excluding hydrogens is 292 g/mol. The molecule has 124 valence electrons. The molecule has 10 nitrogen and oxygen atoms in total. The van der Waals surface area contributed by atoms with Crippen molar-refractivity contribution in [3.8, 4) is 0 Å². The Morgan fingerprint density at radius 2 is 1.48 bits per heavy atom. The summed E-state index contributed by atoms with van der Waals surface area (Å²) in [4.78, 5) is 0. The molecule has 0 aromatic heterocycles. The van der Waals surface area contributed by atoms with Crippen molar-refractivity contribution in [1.29, 1.82) is 0 Å². The third-order valence-corrected chi connectivity index (χ3v) is 3.96. The third-order valence-electron chi connectivity index (χ3n) is 3.96. The van der Waals surface area contributed by atoms with Crippen LogP contribution in [0, 0.1) is 0 Å². The van der Waals surface area contributed by atoms with Gasteiger partial charge in [0.1, 0.15) is 48.8 Å². The van der Waals surface area contributed by atoms with Crippen LogP contribution in [-0.4, -0.2) is 109 Å². The minimum absolute atomic E-state index is 0.634. The lowest BCUT2D eigenvalue weighted by Gasteiger charge is -2.35. The first-order chi connectivity index (χ1) is 9.77. The molecule has 0 aromatic carbocycles. The Morgan fingerprint density at radius 1 is 0.905 bits per heavy atom. The molecule has 0 spiro atoms. The molecule has 3 unspecified atom stereocenters. The minimum Gasteiger partial charge on any atom is -0.394 e. The maximum absolute atomic E-state index is 10.2. The average molecular weight is 312 g/mol. The van der Waals surface area contributed by atoms with Crippen molar-refractivity contribution in [3.63, 3.8) is 0 Å². The summed E-state index contributed by atoms with van der Waals surface area (Å²) in [5, 5.41) is 77.0. The summed E-state index contributed by atoms with van der Waals surface area (Å²) >= 11 is 0. The number of hydrogen-bond donors (Lipinski definition) is 8. The van der Waals surface area contributed by atoms with E-state index < -0.39 is 67.8 Å². The van der Waals surface area contributed by atoms with E-state index in [0.717, 1.165) is 0 Å². The van der Waals surface area contributed by atoms with E-state index >= 15 is 0 Å². The first-order valence-electron chi connectivity index (χ1n) is 6.45. The van der Waals surface area contributed by atoms with Crippen LogP contribution < -0.4 is 0 Å². The lowest BCUT2D eigenvalue weighted by molar-refractivity contribution is -0.300. The first-order valence-corrected chi connectivity index (χ1v) is 6.45. The fourth-order valence-electron chi connectivity index (χ4n) is 2.64. The molecule has 0 radical (unpaired) electrons. The van der Waals surface area contributed by atoms with Gasteiger partial charge in [-0.2, -0.15) is 0 Å². The summed E-state index contributed by atoms with van der Waals surface area (Å²) in [6.45, 7) is -1.35. The van der Waals surface area contributed by atoms with Gasteiger partial charge < -0.3 is 50.3 Å². The predicted octanol–water partition coefficient (Wildman–Crippen LogP) is -5.37. The Labute approximate surface area is 119 Å². The van der Waals surface area contributed by atoms with Crippen LogP contribution in [0.25, 0.3) is 0 Å². The van der Waals surface area contributed by atoms with Crippen molar-refractivity contribution in [2.75, 3.05) is 13.2 Å². The minimum atomic E-state index is -2.71. The van der Waals surface area contributed by atoms with Gasteiger partial charge in [0.05, 0.1) is 13.2 Å². The van der Waals surface area contributed by atoms with E-state index in [0.29, 0.717) is 0 Å². The van der Waals surface area contributed by atoms with Gasteiger partial charge >= 0.3 is 0 Å². The van der Waals surface area contributed by atoms with E-state index in [1.807, 2.05) is 0 Å². The number of aliphatic hydroxyl groups excluding tert-OH is 7. The molecule has 21 heavy (non-hydrogen) atoms. The van der Waals surface area contributed by atoms with Gasteiger partial charge in [0.2, 0.25) is 5.79 Å². The van der Waals surface area contributed by atoms with Crippen molar-refractivity contribution in [1.82, 2.24) is 0 Å². The number of aliphatic hydroxyl groups is 8. The average Bonchev–Trinajstić information content (AvgIpc) is 2.89. The Bertz CT molecular complexity index is 367. The van der Waals surface area contributed by atoms with E-state index in [-0.39, 0.29) is 0 Å². The van der Waals surface area contributed by atoms with Crippen LogP contribution in [0.5, 0.6) is 0 Å². The summed E-state index contributed by atoms with van der Waals surface area (Å²) in [6, 6.07) is 0. The van der Waals surface area contributed by atoms with E-state index in [2.05, 4.69) is 0 Å². The second kappa shape index (κ2) is 6.01. The van der Waals surface area contributed by atoms with Gasteiger partial charge in [-0.05, 0) is 0 Å². The van der Waals surface area contributed by atoms with Gasteiger partial charge in [0.15, 0.2) is 0 Å². The summed E-state index contributed by atoms with van der Waals surface area (Å²) in [5.74, 6) is -2.71. The predicted molar refractivity (Wildman–Crippen MR) is 62.7 cm³/mol. The van der Waals surface area contributed by atoms with Gasteiger partial charge in [-0.15, -0.1) is 0 Å². The molecule has 2 heterocycles. The molecule has 0 aliphatic carbocycles. The smallest absolute Gasteiger partial charge is 0.224 e. The van der Waals surface area contributed by atoms with Gasteiger partial charge in [0.25, 0.3) is 0 Å². The zero-order chi connectivity index (χ0) is 15.9. The number of ether oxygens (including phenoxy) is 2. The fourth-order valence-corrected chi connectivity index (χ4v) is 2.64. The highest BCUT2D eigenvalue weighted by atomic mass is 16.7. The second-order valence-corrected chi connectivity index (χ2v) is 5.27. The maximum Gasteiger partial charge on any atom is 0.224 e. The van der Waals surface area contributed by atoms with Gasteiger partial charge in [-0.25, -0.2) is 0 Å². The Balaban J connectivity index is 2.18. The van der Waals surface area contributed by atoms with E-state index in [9.17, 15) is 30.6 Å². The van der Waals surface area contributed by atoms with Crippen LogP contribution in [0.4, 0.5) is 0 Å². The molecule has 2 rings (SSSR count). The van der Waals surface area contributed by atoms with Crippen LogP contribution >= 0.6 is 0 Å². The van der Waals surface area contributed by atoms with E-state index in [1.165, 1.54) is 0 Å². The summed E-state index contributed by atoms with van der Waals surface area (Å²) in [7, 11) is 0. The topological polar surface area (TPSA) is 180 Å². The third kappa shape index (κ3) is 2.57. The van der Waals surface area contributed by atoms with Gasteiger partial charge in [0, 0.05) is 0 Å². The highest BCUT2D eigenvalue weighted by Crippen LogP contribution is 2.36. The Morgan fingerprint density at radius 3 is 1.90 bits per heavy atom. The van der Waals surface area contributed by atoms with Gasteiger partial charge in [-0.1, -0.05) is 0 Å². The summed E-state index contributed by atoms with van der Waals surface area (Å²) < 4.78 is 9.90. The number of rotatable bonds is 4. The molecule has 8 N–H and O–H groups in total. The Kier molecular flexibility index (Phi) is 4.85. The first kappa shape index (κ1) is 17.0. The van der Waals surface area contributed by atoms with Crippen LogP contribution in [0.2, 0.25) is 0 Å². The zero-order valence-corrected chi connectivity index (χ0v) is 10.9. The highest BCUT2D eigenvalue weighted by Gasteiger charge is 2.62. The molecule has 2 fully saturated rings. The molecule has 9 atom stereocenters. The van der Waals surface area contributed by atoms with Crippen molar-refractivity contribution in [3.05, 3.63) is 0 Å². The van der Waals surface area contributed by atoms with Crippen molar-refractivity contribution in [2.24, 2.45) is 0 Å². The highest BCUT2D eigenvalue weighted by molar-refractivity contribution is 5.05. The lowest BCUT2D eigenvalue weighted by Crippen LogP contribution is -2.59. The quantitative estimate of drug-likeness (QED) is 0.249. The van der Waals surface area contributed by atoms with Gasteiger partial charge in [-0.3, -0.25) is 0 Å². The second-order valence-electron chi connectivity index (χ2n) is 5.27. The van der Waals surface area contributed by atoms with Crippen LogP contribution in [0.1, 0.15) is 0 Å². The van der Waals surface area contributed by atoms with E-state index in [1.54, 1.807) is 0 Å². The fraction of sp³-hybridized carbons (Fsp3) is 1.00. The molecule has 0 aromatic rings. The normalized spacial score (nSPS) is 52.3. The largest absolute Gasteiger partial charge is 0.394 e. The van der Waals surface area contributed by atoms with Crippen LogP contribution in [-0.2, 0) is 9.47 Å². The SMILES string of the molecule is OC[C@H]1OC(O)(C(O)C2O[C@H](CO)[C@@H](O)[C@@H]2O)[C@@H](O)[C@@H]1O. The molecule has 0 saturated carbocycles. The molecule has 10 heteroatoms. The summed E-state index contributed by atoms with van der Waals surface area (Å²) in [6.07, 6.45) is -12.9. The van der Waals surface area contributed by atoms with Crippen molar-refractivity contribution in [2.45, 2.75) is 54.6 Å².